The van der Waals surface area contributed by atoms with Crippen molar-refractivity contribution in [1.82, 2.24) is 24.9 Å². The van der Waals surface area contributed by atoms with E-state index in [2.05, 4.69) is 10.4 Å². The molecule has 0 aromatic carbocycles. The Morgan fingerprint density at radius 1 is 1.38 bits per heavy atom. The van der Waals surface area contributed by atoms with Crippen LogP contribution in [0.3, 0.4) is 0 Å². The van der Waals surface area contributed by atoms with E-state index in [0.717, 1.165) is 23.4 Å². The van der Waals surface area contributed by atoms with Crippen LogP contribution in [0, 0.1) is 5.92 Å². The van der Waals surface area contributed by atoms with Crippen molar-refractivity contribution in [2.75, 3.05) is 13.1 Å². The second-order valence-electron chi connectivity index (χ2n) is 7.83. The van der Waals surface area contributed by atoms with Gasteiger partial charge in [-0.05, 0) is 38.7 Å². The number of carbonyl (C=O) groups excluding carboxylic acids is 3. The number of imide groups is 1. The van der Waals surface area contributed by atoms with Crippen molar-refractivity contribution in [3.8, 4) is 0 Å². The van der Waals surface area contributed by atoms with Gasteiger partial charge in [-0.15, -0.1) is 0 Å². The van der Waals surface area contributed by atoms with Crippen LogP contribution in [-0.4, -0.2) is 61.2 Å². The molecule has 1 atom stereocenters. The summed E-state index contributed by atoms with van der Waals surface area (Å²) in [6.07, 6.45) is 1.51. The van der Waals surface area contributed by atoms with Crippen LogP contribution < -0.4 is 5.32 Å². The molecule has 1 aliphatic carbocycles. The molecule has 2 fully saturated rings. The van der Waals surface area contributed by atoms with E-state index in [9.17, 15) is 19.5 Å². The van der Waals surface area contributed by atoms with E-state index in [4.69, 9.17) is 0 Å². The summed E-state index contributed by atoms with van der Waals surface area (Å²) in [6.45, 7) is 4.31. The summed E-state index contributed by atoms with van der Waals surface area (Å²) >= 11 is 0. The fourth-order valence-corrected chi connectivity index (χ4v) is 3.50. The number of nitrogens with one attached hydrogen (secondary N) is 1. The van der Waals surface area contributed by atoms with E-state index in [0.29, 0.717) is 31.2 Å². The van der Waals surface area contributed by atoms with Crippen molar-refractivity contribution >= 4 is 17.8 Å². The van der Waals surface area contributed by atoms with Gasteiger partial charge in [0.2, 0.25) is 5.91 Å². The Hall–Kier alpha value is -2.42. The SMILES string of the molecule is CC1(C)NC(=O)N(CC(=O)N2CCn3nc([C@@H](O)C4CC4)cc3C2)C1=O. The number of hydrogen-bond acceptors (Lipinski definition) is 5. The largest absolute Gasteiger partial charge is 0.386 e. The number of aliphatic hydroxyl groups is 1. The quantitative estimate of drug-likeness (QED) is 0.734. The number of amides is 4. The second-order valence-corrected chi connectivity index (χ2v) is 7.83. The number of hydrogen-bond donors (Lipinski definition) is 2. The van der Waals surface area contributed by atoms with Gasteiger partial charge in [0.15, 0.2) is 0 Å². The van der Waals surface area contributed by atoms with Gasteiger partial charge in [0, 0.05) is 6.54 Å². The maximum Gasteiger partial charge on any atom is 0.325 e. The fourth-order valence-electron chi connectivity index (χ4n) is 3.50. The number of urea groups is 1. The molecule has 3 heterocycles. The third kappa shape index (κ3) is 2.86. The average Bonchev–Trinajstić information content (AvgIpc) is 3.31. The minimum absolute atomic E-state index is 0.264. The van der Waals surface area contributed by atoms with Crippen LogP contribution in [0.1, 0.15) is 44.2 Å². The predicted molar refractivity (Wildman–Crippen MR) is 89.7 cm³/mol. The maximum atomic E-state index is 12.6. The zero-order chi connectivity index (χ0) is 18.6. The van der Waals surface area contributed by atoms with Gasteiger partial charge >= 0.3 is 6.03 Å². The number of aromatic nitrogens is 2. The predicted octanol–water partition coefficient (Wildman–Crippen LogP) is -0.000900. The van der Waals surface area contributed by atoms with Crippen LogP contribution in [0.15, 0.2) is 6.07 Å². The summed E-state index contributed by atoms with van der Waals surface area (Å²) in [5.74, 6) is -0.372. The van der Waals surface area contributed by atoms with Crippen LogP contribution in [0.2, 0.25) is 0 Å². The molecule has 9 nitrogen and oxygen atoms in total. The van der Waals surface area contributed by atoms with Gasteiger partial charge in [-0.25, -0.2) is 4.79 Å². The first-order valence-electron chi connectivity index (χ1n) is 8.93. The van der Waals surface area contributed by atoms with Crippen LogP contribution in [0.5, 0.6) is 0 Å². The van der Waals surface area contributed by atoms with E-state index in [-0.39, 0.29) is 12.5 Å². The highest BCUT2D eigenvalue weighted by atomic mass is 16.3. The van der Waals surface area contributed by atoms with Gasteiger partial charge in [-0.3, -0.25) is 19.2 Å². The van der Waals surface area contributed by atoms with Gasteiger partial charge < -0.3 is 15.3 Å². The van der Waals surface area contributed by atoms with E-state index < -0.39 is 23.6 Å². The molecule has 0 spiro atoms. The molecule has 2 N–H and O–H groups in total. The van der Waals surface area contributed by atoms with Crippen molar-refractivity contribution in [1.29, 1.82) is 0 Å². The van der Waals surface area contributed by atoms with E-state index in [1.165, 1.54) is 0 Å². The molecule has 0 unspecified atom stereocenters. The Balaban J connectivity index is 1.43. The first-order valence-corrected chi connectivity index (χ1v) is 8.93. The molecule has 0 radical (unpaired) electrons. The first-order chi connectivity index (χ1) is 12.3. The zero-order valence-electron chi connectivity index (χ0n) is 14.9. The molecule has 0 bridgehead atoms. The molecule has 1 aromatic rings. The van der Waals surface area contributed by atoms with Crippen molar-refractivity contribution in [2.24, 2.45) is 5.92 Å². The molecule has 3 aliphatic rings. The molecule has 4 rings (SSSR count). The Kier molecular flexibility index (Phi) is 3.80. The molecular formula is C17H23N5O4. The Bertz CT molecular complexity index is 782. The highest BCUT2D eigenvalue weighted by molar-refractivity contribution is 6.08. The maximum absolute atomic E-state index is 12.6. The van der Waals surface area contributed by atoms with Gasteiger partial charge in [0.05, 0.1) is 24.5 Å². The summed E-state index contributed by atoms with van der Waals surface area (Å²) in [5.41, 5.74) is 0.538. The highest BCUT2D eigenvalue weighted by Gasteiger charge is 2.45. The van der Waals surface area contributed by atoms with Crippen LogP contribution in [0.25, 0.3) is 0 Å². The Labute approximate surface area is 150 Å². The highest BCUT2D eigenvalue weighted by Crippen LogP contribution is 2.40. The third-order valence-electron chi connectivity index (χ3n) is 5.28. The Morgan fingerprint density at radius 2 is 2.12 bits per heavy atom. The van der Waals surface area contributed by atoms with Gasteiger partial charge in [-0.2, -0.15) is 5.10 Å². The monoisotopic (exact) mass is 361 g/mol. The van der Waals surface area contributed by atoms with Gasteiger partial charge in [0.1, 0.15) is 18.2 Å². The lowest BCUT2D eigenvalue weighted by molar-refractivity contribution is -0.139. The normalized spacial score (nSPS) is 23.0. The van der Waals surface area contributed by atoms with Crippen molar-refractivity contribution < 1.29 is 19.5 Å². The topological polar surface area (TPSA) is 108 Å². The van der Waals surface area contributed by atoms with Crippen molar-refractivity contribution in [3.05, 3.63) is 17.5 Å². The smallest absolute Gasteiger partial charge is 0.325 e. The van der Waals surface area contributed by atoms with Crippen LogP contribution in [-0.2, 0) is 22.7 Å². The van der Waals surface area contributed by atoms with Crippen molar-refractivity contribution in [2.45, 2.75) is 51.4 Å². The summed E-state index contributed by atoms with van der Waals surface area (Å²) in [7, 11) is 0. The summed E-state index contributed by atoms with van der Waals surface area (Å²) in [5, 5.41) is 17.3. The van der Waals surface area contributed by atoms with Crippen LogP contribution in [0.4, 0.5) is 4.79 Å². The van der Waals surface area contributed by atoms with E-state index in [1.807, 2.05) is 10.7 Å². The average molecular weight is 361 g/mol. The standard InChI is InChI=1S/C17H23N5O4/c1-17(2)15(25)21(16(26)18-17)9-13(23)20-5-6-22-11(8-20)7-12(19-22)14(24)10-3-4-10/h7,10,14,24H,3-6,8-9H2,1-2H3,(H,18,26)/t14-/m0/s1. The van der Waals surface area contributed by atoms with E-state index in [1.54, 1.807) is 18.7 Å². The molecule has 1 saturated heterocycles. The van der Waals surface area contributed by atoms with Crippen molar-refractivity contribution in [3.63, 3.8) is 0 Å². The number of aliphatic hydroxyl groups excluding tert-OH is 1. The lowest BCUT2D eigenvalue weighted by atomic mass is 10.1. The summed E-state index contributed by atoms with van der Waals surface area (Å²) < 4.78 is 1.82. The number of rotatable bonds is 4. The molecule has 2 aliphatic heterocycles. The molecular weight excluding hydrogens is 338 g/mol. The van der Waals surface area contributed by atoms with Gasteiger partial charge in [0.25, 0.3) is 5.91 Å². The molecule has 140 valence electrons. The molecule has 1 saturated carbocycles. The third-order valence-corrected chi connectivity index (χ3v) is 5.28. The first kappa shape index (κ1) is 17.0. The number of fused-ring (bicyclic) bond motifs is 1. The van der Waals surface area contributed by atoms with E-state index >= 15 is 0 Å². The van der Waals surface area contributed by atoms with Gasteiger partial charge in [-0.1, -0.05) is 0 Å². The summed E-state index contributed by atoms with van der Waals surface area (Å²) in [6, 6.07) is 1.31. The minimum Gasteiger partial charge on any atom is -0.386 e. The lowest BCUT2D eigenvalue weighted by Crippen LogP contribution is -2.46. The molecule has 26 heavy (non-hydrogen) atoms. The molecule has 4 amide bonds. The molecule has 1 aromatic heterocycles. The summed E-state index contributed by atoms with van der Waals surface area (Å²) in [4.78, 5) is 39.4. The molecule has 9 heteroatoms. The zero-order valence-corrected chi connectivity index (χ0v) is 14.9. The number of nitrogens with zero attached hydrogens (tertiary/aromatic N) is 4. The Morgan fingerprint density at radius 3 is 2.73 bits per heavy atom. The minimum atomic E-state index is -0.980. The fraction of sp³-hybridized carbons (Fsp3) is 0.647. The lowest BCUT2D eigenvalue weighted by Gasteiger charge is -2.28. The second kappa shape index (κ2) is 5.80. The van der Waals surface area contributed by atoms with Crippen LogP contribution >= 0.6 is 0 Å². The number of carbonyl (C=O) groups is 3.